The van der Waals surface area contributed by atoms with Gasteiger partial charge in [-0.3, -0.25) is 4.68 Å². The molecule has 2 aromatic rings. The van der Waals surface area contributed by atoms with E-state index in [1.54, 1.807) is 11.0 Å². The Hall–Kier alpha value is -1.85. The summed E-state index contributed by atoms with van der Waals surface area (Å²) in [5.74, 6) is 1.45. The highest BCUT2D eigenvalue weighted by Crippen LogP contribution is 2.10. The predicted octanol–water partition coefficient (Wildman–Crippen LogP) is 0.994. The van der Waals surface area contributed by atoms with Crippen LogP contribution < -0.4 is 5.73 Å². The summed E-state index contributed by atoms with van der Waals surface area (Å²) >= 11 is 0. The van der Waals surface area contributed by atoms with E-state index in [9.17, 15) is 0 Å². The van der Waals surface area contributed by atoms with E-state index < -0.39 is 0 Å². The molecular formula is C10H16N6. The molecular weight excluding hydrogens is 204 g/mol. The van der Waals surface area contributed by atoms with E-state index in [1.807, 2.05) is 17.8 Å². The highest BCUT2D eigenvalue weighted by molar-refractivity contribution is 5.35. The third-order valence-corrected chi connectivity index (χ3v) is 2.42. The molecule has 0 unspecified atom stereocenters. The lowest BCUT2D eigenvalue weighted by Gasteiger charge is -2.08. The maximum atomic E-state index is 5.69. The van der Waals surface area contributed by atoms with Gasteiger partial charge in [0.2, 0.25) is 0 Å². The minimum absolute atomic E-state index is 0.298. The average Bonchev–Trinajstić information content (AvgIpc) is 2.75. The molecule has 6 nitrogen and oxygen atoms in total. The monoisotopic (exact) mass is 220 g/mol. The molecule has 0 spiro atoms. The van der Waals surface area contributed by atoms with E-state index in [-0.39, 0.29) is 0 Å². The Morgan fingerprint density at radius 1 is 1.44 bits per heavy atom. The first-order chi connectivity index (χ1) is 7.58. The van der Waals surface area contributed by atoms with Gasteiger partial charge in [-0.25, -0.2) is 9.67 Å². The van der Waals surface area contributed by atoms with Gasteiger partial charge in [0, 0.05) is 17.8 Å². The fourth-order valence-electron chi connectivity index (χ4n) is 1.58. The summed E-state index contributed by atoms with van der Waals surface area (Å²) in [6.07, 6.45) is 3.48. The zero-order valence-corrected chi connectivity index (χ0v) is 9.75. The predicted molar refractivity (Wildman–Crippen MR) is 60.9 cm³/mol. The Bertz CT molecular complexity index is 462. The Kier molecular flexibility index (Phi) is 2.64. The molecule has 0 saturated heterocycles. The molecule has 0 aliphatic carbocycles. The molecule has 0 fully saturated rings. The van der Waals surface area contributed by atoms with Crippen molar-refractivity contribution in [2.75, 3.05) is 5.73 Å². The normalized spacial score (nSPS) is 11.2. The maximum Gasteiger partial charge on any atom is 0.148 e. The van der Waals surface area contributed by atoms with Crippen LogP contribution in [0.15, 0.2) is 12.5 Å². The second-order valence-electron chi connectivity index (χ2n) is 4.11. The second-order valence-corrected chi connectivity index (χ2v) is 4.11. The van der Waals surface area contributed by atoms with E-state index in [0.29, 0.717) is 18.4 Å². The number of nitrogens with zero attached hydrogens (tertiary/aromatic N) is 5. The van der Waals surface area contributed by atoms with Crippen LogP contribution in [0, 0.1) is 6.92 Å². The molecule has 2 rings (SSSR count). The van der Waals surface area contributed by atoms with Crippen molar-refractivity contribution >= 4 is 5.82 Å². The van der Waals surface area contributed by atoms with E-state index in [0.717, 1.165) is 11.4 Å². The number of nitrogens with two attached hydrogens (primary N) is 1. The van der Waals surface area contributed by atoms with Crippen LogP contribution in [-0.2, 0) is 6.54 Å². The lowest BCUT2D eigenvalue weighted by Crippen LogP contribution is -2.12. The molecule has 2 N–H and O–H groups in total. The Morgan fingerprint density at radius 2 is 2.19 bits per heavy atom. The quantitative estimate of drug-likeness (QED) is 0.837. The van der Waals surface area contributed by atoms with Gasteiger partial charge in [-0.05, 0) is 20.8 Å². The standard InChI is InChI=1S/C10H16N6/c1-7(2)16-9(12-6-13-16)5-15-4-8(3)10(11)14-15/h4,6-7H,5H2,1-3H3,(H2,11,14). The highest BCUT2D eigenvalue weighted by Gasteiger charge is 2.09. The number of hydrogen-bond acceptors (Lipinski definition) is 4. The van der Waals surface area contributed by atoms with Gasteiger partial charge in [-0.15, -0.1) is 0 Å². The van der Waals surface area contributed by atoms with Crippen molar-refractivity contribution < 1.29 is 0 Å². The smallest absolute Gasteiger partial charge is 0.148 e. The Labute approximate surface area is 94.1 Å². The summed E-state index contributed by atoms with van der Waals surface area (Å²) in [6, 6.07) is 0.298. The number of aryl methyl sites for hydroxylation is 1. The van der Waals surface area contributed by atoms with Gasteiger partial charge in [0.05, 0.1) is 0 Å². The first-order valence-electron chi connectivity index (χ1n) is 5.26. The van der Waals surface area contributed by atoms with Crippen molar-refractivity contribution in [3.05, 3.63) is 23.9 Å². The number of aromatic nitrogens is 5. The van der Waals surface area contributed by atoms with Gasteiger partial charge >= 0.3 is 0 Å². The fourth-order valence-corrected chi connectivity index (χ4v) is 1.58. The van der Waals surface area contributed by atoms with E-state index in [4.69, 9.17) is 5.73 Å². The number of rotatable bonds is 3. The number of hydrogen-bond donors (Lipinski definition) is 1. The van der Waals surface area contributed by atoms with Gasteiger partial charge in [-0.1, -0.05) is 0 Å². The van der Waals surface area contributed by atoms with Crippen LogP contribution in [0.3, 0.4) is 0 Å². The van der Waals surface area contributed by atoms with Crippen molar-refractivity contribution in [2.24, 2.45) is 0 Å². The molecule has 16 heavy (non-hydrogen) atoms. The zero-order chi connectivity index (χ0) is 11.7. The Morgan fingerprint density at radius 3 is 2.75 bits per heavy atom. The number of nitrogen functional groups attached to an aromatic ring is 1. The number of anilines is 1. The van der Waals surface area contributed by atoms with Crippen molar-refractivity contribution in [3.63, 3.8) is 0 Å². The molecule has 0 aliphatic heterocycles. The molecule has 0 amide bonds. The third-order valence-electron chi connectivity index (χ3n) is 2.42. The molecule has 86 valence electrons. The molecule has 6 heteroatoms. The average molecular weight is 220 g/mol. The molecule has 0 saturated carbocycles. The van der Waals surface area contributed by atoms with Crippen LogP contribution in [0.4, 0.5) is 5.82 Å². The lowest BCUT2D eigenvalue weighted by atomic mass is 10.4. The molecule has 0 bridgehead atoms. The summed E-state index contributed by atoms with van der Waals surface area (Å²) in [7, 11) is 0. The molecule has 2 heterocycles. The third kappa shape index (κ3) is 1.91. The minimum atomic E-state index is 0.298. The summed E-state index contributed by atoms with van der Waals surface area (Å²) < 4.78 is 3.67. The maximum absolute atomic E-state index is 5.69. The first kappa shape index (κ1) is 10.7. The summed E-state index contributed by atoms with van der Waals surface area (Å²) in [6.45, 7) is 6.67. The summed E-state index contributed by atoms with van der Waals surface area (Å²) in [4.78, 5) is 4.22. The van der Waals surface area contributed by atoms with Gasteiger partial charge in [0.25, 0.3) is 0 Å². The SMILES string of the molecule is Cc1cn(Cc2ncnn2C(C)C)nc1N. The van der Waals surface area contributed by atoms with E-state index in [2.05, 4.69) is 29.0 Å². The molecule has 2 aromatic heterocycles. The van der Waals surface area contributed by atoms with Crippen molar-refractivity contribution in [1.82, 2.24) is 24.5 Å². The molecule has 0 atom stereocenters. The van der Waals surface area contributed by atoms with Crippen LogP contribution in [0.1, 0.15) is 31.3 Å². The fraction of sp³-hybridized carbons (Fsp3) is 0.500. The van der Waals surface area contributed by atoms with Crippen LogP contribution in [0.5, 0.6) is 0 Å². The highest BCUT2D eigenvalue weighted by atomic mass is 15.4. The molecule has 0 aromatic carbocycles. The Balaban J connectivity index is 2.23. The van der Waals surface area contributed by atoms with Crippen LogP contribution in [0.25, 0.3) is 0 Å². The lowest BCUT2D eigenvalue weighted by molar-refractivity contribution is 0.488. The van der Waals surface area contributed by atoms with Gasteiger partial charge in [0.1, 0.15) is 24.5 Å². The minimum Gasteiger partial charge on any atom is -0.382 e. The van der Waals surface area contributed by atoms with Gasteiger partial charge in [0.15, 0.2) is 0 Å². The largest absolute Gasteiger partial charge is 0.382 e. The van der Waals surface area contributed by atoms with Gasteiger partial charge < -0.3 is 5.73 Å². The summed E-state index contributed by atoms with van der Waals surface area (Å²) in [5.41, 5.74) is 6.67. The molecule has 0 radical (unpaired) electrons. The summed E-state index contributed by atoms with van der Waals surface area (Å²) in [5, 5.41) is 8.37. The van der Waals surface area contributed by atoms with Gasteiger partial charge in [-0.2, -0.15) is 10.2 Å². The van der Waals surface area contributed by atoms with Crippen molar-refractivity contribution in [3.8, 4) is 0 Å². The van der Waals surface area contributed by atoms with E-state index in [1.165, 1.54) is 0 Å². The molecule has 0 aliphatic rings. The topological polar surface area (TPSA) is 74.5 Å². The van der Waals surface area contributed by atoms with Crippen molar-refractivity contribution in [1.29, 1.82) is 0 Å². The van der Waals surface area contributed by atoms with Crippen LogP contribution in [0.2, 0.25) is 0 Å². The second kappa shape index (κ2) is 3.96. The zero-order valence-electron chi connectivity index (χ0n) is 9.75. The van der Waals surface area contributed by atoms with Crippen molar-refractivity contribution in [2.45, 2.75) is 33.4 Å². The van der Waals surface area contributed by atoms with E-state index >= 15 is 0 Å². The van der Waals surface area contributed by atoms with Crippen LogP contribution >= 0.6 is 0 Å². The van der Waals surface area contributed by atoms with Crippen LogP contribution in [-0.4, -0.2) is 24.5 Å². The first-order valence-corrected chi connectivity index (χ1v) is 5.26.